The van der Waals surface area contributed by atoms with Gasteiger partial charge in [-0.2, -0.15) is 0 Å². The lowest BCUT2D eigenvalue weighted by molar-refractivity contribution is -0.123. The van der Waals surface area contributed by atoms with Crippen LogP contribution in [-0.4, -0.2) is 26.1 Å². The molecule has 0 heterocycles. The van der Waals surface area contributed by atoms with Crippen LogP contribution in [0.5, 0.6) is 5.75 Å². The SMILES string of the molecule is CCCCNC(=O)COc1cc(C)ccc1C(C)NC. The van der Waals surface area contributed by atoms with E-state index >= 15 is 0 Å². The van der Waals surface area contributed by atoms with Crippen molar-refractivity contribution in [3.05, 3.63) is 29.3 Å². The molecule has 1 aromatic carbocycles. The van der Waals surface area contributed by atoms with E-state index in [1.54, 1.807) is 0 Å². The third-order valence-corrected chi connectivity index (χ3v) is 3.28. The predicted octanol–water partition coefficient (Wildman–Crippen LogP) is 2.57. The van der Waals surface area contributed by atoms with Gasteiger partial charge in [-0.25, -0.2) is 0 Å². The minimum Gasteiger partial charge on any atom is -0.483 e. The third kappa shape index (κ3) is 5.21. The van der Waals surface area contributed by atoms with Crippen molar-refractivity contribution in [1.82, 2.24) is 10.6 Å². The molecule has 0 bridgehead atoms. The van der Waals surface area contributed by atoms with Gasteiger partial charge in [-0.1, -0.05) is 25.5 Å². The summed E-state index contributed by atoms with van der Waals surface area (Å²) in [6, 6.07) is 6.26. The van der Waals surface area contributed by atoms with Crippen LogP contribution in [0.1, 0.15) is 43.9 Å². The molecule has 20 heavy (non-hydrogen) atoms. The van der Waals surface area contributed by atoms with E-state index in [9.17, 15) is 4.79 Å². The van der Waals surface area contributed by atoms with Crippen molar-refractivity contribution in [1.29, 1.82) is 0 Å². The van der Waals surface area contributed by atoms with Gasteiger partial charge in [0, 0.05) is 18.2 Å². The number of rotatable bonds is 8. The van der Waals surface area contributed by atoms with Crippen LogP contribution in [0.25, 0.3) is 0 Å². The minimum absolute atomic E-state index is 0.0661. The quantitative estimate of drug-likeness (QED) is 0.719. The zero-order valence-corrected chi connectivity index (χ0v) is 13.0. The topological polar surface area (TPSA) is 50.4 Å². The smallest absolute Gasteiger partial charge is 0.257 e. The van der Waals surface area contributed by atoms with Crippen LogP contribution >= 0.6 is 0 Å². The Bertz CT molecular complexity index is 432. The molecule has 0 radical (unpaired) electrons. The van der Waals surface area contributed by atoms with Gasteiger partial charge in [-0.05, 0) is 38.9 Å². The first-order valence-electron chi connectivity index (χ1n) is 7.25. The van der Waals surface area contributed by atoms with Crippen molar-refractivity contribution in [3.63, 3.8) is 0 Å². The van der Waals surface area contributed by atoms with Crippen molar-refractivity contribution < 1.29 is 9.53 Å². The Kier molecular flexibility index (Phi) is 7.09. The molecule has 112 valence electrons. The molecule has 1 rings (SSSR count). The molecule has 4 heteroatoms. The Labute approximate surface area is 121 Å². The van der Waals surface area contributed by atoms with E-state index in [0.29, 0.717) is 6.54 Å². The molecule has 1 aromatic rings. The lowest BCUT2D eigenvalue weighted by Crippen LogP contribution is -2.30. The predicted molar refractivity (Wildman–Crippen MR) is 82.1 cm³/mol. The molecule has 0 saturated carbocycles. The number of unbranched alkanes of at least 4 members (excludes halogenated alkanes) is 1. The van der Waals surface area contributed by atoms with E-state index in [0.717, 1.165) is 29.7 Å². The average molecular weight is 278 g/mol. The number of hydrogen-bond acceptors (Lipinski definition) is 3. The minimum atomic E-state index is -0.0667. The highest BCUT2D eigenvalue weighted by atomic mass is 16.5. The molecular formula is C16H26N2O2. The summed E-state index contributed by atoms with van der Waals surface area (Å²) in [6.07, 6.45) is 2.07. The van der Waals surface area contributed by atoms with Gasteiger partial charge in [-0.15, -0.1) is 0 Å². The van der Waals surface area contributed by atoms with Crippen molar-refractivity contribution in [3.8, 4) is 5.75 Å². The second-order valence-corrected chi connectivity index (χ2v) is 5.04. The third-order valence-electron chi connectivity index (χ3n) is 3.28. The fraction of sp³-hybridized carbons (Fsp3) is 0.562. The van der Waals surface area contributed by atoms with Crippen molar-refractivity contribution in [2.75, 3.05) is 20.2 Å². The maximum atomic E-state index is 11.7. The Hall–Kier alpha value is -1.55. The van der Waals surface area contributed by atoms with Crippen LogP contribution in [-0.2, 0) is 4.79 Å². The number of carbonyl (C=O) groups excluding carboxylic acids is 1. The van der Waals surface area contributed by atoms with E-state index in [2.05, 4.69) is 30.5 Å². The molecule has 0 saturated heterocycles. The van der Waals surface area contributed by atoms with E-state index < -0.39 is 0 Å². The van der Waals surface area contributed by atoms with Gasteiger partial charge in [0.05, 0.1) is 0 Å². The van der Waals surface area contributed by atoms with Crippen molar-refractivity contribution in [2.45, 2.75) is 39.7 Å². The number of nitrogens with one attached hydrogen (secondary N) is 2. The van der Waals surface area contributed by atoms with E-state index in [1.807, 2.05) is 26.1 Å². The number of benzene rings is 1. The standard InChI is InChI=1S/C16H26N2O2/c1-5-6-9-18-16(19)11-20-15-10-12(2)7-8-14(15)13(3)17-4/h7-8,10,13,17H,5-6,9,11H2,1-4H3,(H,18,19). The molecule has 1 atom stereocenters. The molecule has 1 unspecified atom stereocenters. The van der Waals surface area contributed by atoms with Crippen LogP contribution in [0.15, 0.2) is 18.2 Å². The van der Waals surface area contributed by atoms with Crippen LogP contribution < -0.4 is 15.4 Å². The summed E-state index contributed by atoms with van der Waals surface area (Å²) in [5, 5.41) is 6.04. The maximum absolute atomic E-state index is 11.7. The molecule has 0 aliphatic rings. The lowest BCUT2D eigenvalue weighted by Gasteiger charge is -2.17. The number of ether oxygens (including phenoxy) is 1. The van der Waals surface area contributed by atoms with Gasteiger partial charge in [0.15, 0.2) is 6.61 Å². The largest absolute Gasteiger partial charge is 0.483 e. The van der Waals surface area contributed by atoms with Gasteiger partial charge in [0.25, 0.3) is 5.91 Å². The monoisotopic (exact) mass is 278 g/mol. The molecule has 2 N–H and O–H groups in total. The fourth-order valence-electron chi connectivity index (χ4n) is 1.88. The number of amides is 1. The second-order valence-electron chi connectivity index (χ2n) is 5.04. The van der Waals surface area contributed by atoms with Crippen LogP contribution in [0.4, 0.5) is 0 Å². The van der Waals surface area contributed by atoms with Gasteiger partial charge in [-0.3, -0.25) is 4.79 Å². The summed E-state index contributed by atoms with van der Waals surface area (Å²) in [5.41, 5.74) is 2.19. The first kappa shape index (κ1) is 16.5. The Morgan fingerprint density at radius 2 is 2.15 bits per heavy atom. The fourth-order valence-corrected chi connectivity index (χ4v) is 1.88. The number of carbonyl (C=O) groups is 1. The summed E-state index contributed by atoms with van der Waals surface area (Å²) in [5.74, 6) is 0.709. The average Bonchev–Trinajstić information content (AvgIpc) is 2.44. The summed E-state index contributed by atoms with van der Waals surface area (Å²) in [4.78, 5) is 11.7. The first-order chi connectivity index (χ1) is 9.58. The highest BCUT2D eigenvalue weighted by Gasteiger charge is 2.11. The number of aryl methyl sites for hydroxylation is 1. The Morgan fingerprint density at radius 3 is 2.80 bits per heavy atom. The van der Waals surface area contributed by atoms with Crippen LogP contribution in [0, 0.1) is 6.92 Å². The summed E-state index contributed by atoms with van der Waals surface area (Å²) < 4.78 is 5.68. The Balaban J connectivity index is 2.62. The zero-order chi connectivity index (χ0) is 15.0. The van der Waals surface area contributed by atoms with E-state index in [-0.39, 0.29) is 18.6 Å². The van der Waals surface area contributed by atoms with Gasteiger partial charge >= 0.3 is 0 Å². The van der Waals surface area contributed by atoms with Crippen LogP contribution in [0.2, 0.25) is 0 Å². The second kappa shape index (κ2) is 8.59. The molecule has 0 spiro atoms. The molecule has 0 aliphatic carbocycles. The van der Waals surface area contributed by atoms with Gasteiger partial charge in [0.2, 0.25) is 0 Å². The molecule has 4 nitrogen and oxygen atoms in total. The lowest BCUT2D eigenvalue weighted by atomic mass is 10.1. The van der Waals surface area contributed by atoms with E-state index in [1.165, 1.54) is 0 Å². The van der Waals surface area contributed by atoms with Crippen molar-refractivity contribution in [2.24, 2.45) is 0 Å². The highest BCUT2D eigenvalue weighted by molar-refractivity contribution is 5.77. The van der Waals surface area contributed by atoms with Gasteiger partial charge in [0.1, 0.15) is 5.75 Å². The van der Waals surface area contributed by atoms with Crippen LogP contribution in [0.3, 0.4) is 0 Å². The molecule has 0 aromatic heterocycles. The normalized spacial score (nSPS) is 12.0. The maximum Gasteiger partial charge on any atom is 0.257 e. The molecule has 1 amide bonds. The highest BCUT2D eigenvalue weighted by Crippen LogP contribution is 2.26. The zero-order valence-electron chi connectivity index (χ0n) is 13.0. The summed E-state index contributed by atoms with van der Waals surface area (Å²) >= 11 is 0. The summed E-state index contributed by atoms with van der Waals surface area (Å²) in [7, 11) is 1.91. The first-order valence-corrected chi connectivity index (χ1v) is 7.25. The molecule has 0 fully saturated rings. The molecule has 0 aliphatic heterocycles. The molecular weight excluding hydrogens is 252 g/mol. The van der Waals surface area contributed by atoms with E-state index in [4.69, 9.17) is 4.74 Å². The number of hydrogen-bond donors (Lipinski definition) is 2. The van der Waals surface area contributed by atoms with Crippen molar-refractivity contribution >= 4 is 5.91 Å². The Morgan fingerprint density at radius 1 is 1.40 bits per heavy atom. The van der Waals surface area contributed by atoms with Gasteiger partial charge < -0.3 is 15.4 Å². The summed E-state index contributed by atoms with van der Waals surface area (Å²) in [6.45, 7) is 6.96.